The van der Waals surface area contributed by atoms with Gasteiger partial charge in [-0.25, -0.2) is 0 Å². The number of hydrogen-bond acceptors (Lipinski definition) is 4. The fourth-order valence-corrected chi connectivity index (χ4v) is 3.46. The maximum absolute atomic E-state index is 12.8. The van der Waals surface area contributed by atoms with E-state index in [1.54, 1.807) is 6.08 Å². The summed E-state index contributed by atoms with van der Waals surface area (Å²) in [4.78, 5) is 24.1. The zero-order valence-corrected chi connectivity index (χ0v) is 16.8. The Labute approximate surface area is 170 Å². The second-order valence-electron chi connectivity index (χ2n) is 7.38. The van der Waals surface area contributed by atoms with Crippen molar-refractivity contribution >= 4 is 5.91 Å². The molecule has 0 spiro atoms. The molecule has 0 bridgehead atoms. The number of nitrogens with one attached hydrogen (secondary N) is 1. The summed E-state index contributed by atoms with van der Waals surface area (Å²) in [6, 6.07) is 9.47. The average molecular weight is 394 g/mol. The Bertz CT molecular complexity index is 897. The highest BCUT2D eigenvalue weighted by atomic mass is 16.6. The van der Waals surface area contributed by atoms with E-state index in [0.717, 1.165) is 18.4 Å². The number of benzene rings is 1. The molecule has 6 heteroatoms. The highest BCUT2D eigenvalue weighted by Crippen LogP contribution is 2.32. The SMILES string of the molecule is CCC1C=CC(NC(=O)C2=CCC(C)C(OCc3ccccc3)=C2[N+](=O)[O-])=CC1. The van der Waals surface area contributed by atoms with E-state index >= 15 is 0 Å². The topological polar surface area (TPSA) is 81.5 Å². The van der Waals surface area contributed by atoms with Gasteiger partial charge in [0.2, 0.25) is 0 Å². The molecule has 2 atom stereocenters. The number of allylic oxidation sites excluding steroid dienone is 5. The van der Waals surface area contributed by atoms with Crippen molar-refractivity contribution in [1.29, 1.82) is 0 Å². The highest BCUT2D eigenvalue weighted by molar-refractivity contribution is 5.98. The van der Waals surface area contributed by atoms with Crippen molar-refractivity contribution in [3.8, 4) is 0 Å². The Balaban J connectivity index is 1.79. The third-order valence-electron chi connectivity index (χ3n) is 5.25. The van der Waals surface area contributed by atoms with Gasteiger partial charge in [0.15, 0.2) is 5.76 Å². The molecule has 0 aliphatic heterocycles. The smallest absolute Gasteiger partial charge is 0.319 e. The Morgan fingerprint density at radius 3 is 2.62 bits per heavy atom. The molecule has 2 unspecified atom stereocenters. The zero-order valence-electron chi connectivity index (χ0n) is 16.8. The maximum Gasteiger partial charge on any atom is 0.319 e. The minimum absolute atomic E-state index is 0.0584. The summed E-state index contributed by atoms with van der Waals surface area (Å²) < 4.78 is 5.84. The number of ether oxygens (including phenoxy) is 1. The Kier molecular flexibility index (Phi) is 6.65. The lowest BCUT2D eigenvalue weighted by Crippen LogP contribution is -2.30. The van der Waals surface area contributed by atoms with E-state index in [1.165, 1.54) is 0 Å². The van der Waals surface area contributed by atoms with Crippen LogP contribution in [-0.4, -0.2) is 10.8 Å². The fraction of sp³-hybridized carbons (Fsp3) is 0.348. The second kappa shape index (κ2) is 9.37. The van der Waals surface area contributed by atoms with Crippen LogP contribution >= 0.6 is 0 Å². The van der Waals surface area contributed by atoms with Crippen molar-refractivity contribution in [3.63, 3.8) is 0 Å². The van der Waals surface area contributed by atoms with Gasteiger partial charge in [-0.05, 0) is 36.8 Å². The lowest BCUT2D eigenvalue weighted by Gasteiger charge is -2.22. The zero-order chi connectivity index (χ0) is 20.8. The summed E-state index contributed by atoms with van der Waals surface area (Å²) >= 11 is 0. The first-order valence-corrected chi connectivity index (χ1v) is 9.95. The van der Waals surface area contributed by atoms with Crippen LogP contribution in [0.15, 0.2) is 77.4 Å². The Hall–Kier alpha value is -3.15. The van der Waals surface area contributed by atoms with Crippen LogP contribution in [0, 0.1) is 22.0 Å². The van der Waals surface area contributed by atoms with E-state index in [9.17, 15) is 14.9 Å². The molecule has 0 aromatic heterocycles. The number of hydrogen-bond donors (Lipinski definition) is 1. The molecule has 2 aliphatic rings. The number of rotatable bonds is 7. The molecule has 0 heterocycles. The summed E-state index contributed by atoms with van der Waals surface area (Å²) in [6.45, 7) is 4.21. The summed E-state index contributed by atoms with van der Waals surface area (Å²) in [5, 5.41) is 14.6. The minimum Gasteiger partial charge on any atom is -0.486 e. The normalized spacial score (nSPS) is 21.3. The summed E-state index contributed by atoms with van der Waals surface area (Å²) in [5.41, 5.74) is 1.40. The van der Waals surface area contributed by atoms with Crippen LogP contribution in [0.4, 0.5) is 0 Å². The van der Waals surface area contributed by atoms with E-state index in [0.29, 0.717) is 18.0 Å². The van der Waals surface area contributed by atoms with E-state index < -0.39 is 10.8 Å². The number of carbonyl (C=O) groups excluding carboxylic acids is 1. The fourth-order valence-electron chi connectivity index (χ4n) is 3.46. The summed E-state index contributed by atoms with van der Waals surface area (Å²) in [7, 11) is 0. The van der Waals surface area contributed by atoms with Crippen LogP contribution in [-0.2, 0) is 16.1 Å². The number of nitrogens with zero attached hydrogens (tertiary/aromatic N) is 1. The first-order valence-electron chi connectivity index (χ1n) is 9.95. The predicted octanol–water partition coefficient (Wildman–Crippen LogP) is 4.64. The maximum atomic E-state index is 12.8. The van der Waals surface area contributed by atoms with Crippen LogP contribution in [0.5, 0.6) is 0 Å². The molecule has 0 radical (unpaired) electrons. The first kappa shape index (κ1) is 20.6. The molecule has 152 valence electrons. The van der Waals surface area contributed by atoms with Gasteiger partial charge >= 0.3 is 5.70 Å². The van der Waals surface area contributed by atoms with Gasteiger partial charge in [0.05, 0.1) is 4.92 Å². The number of amides is 1. The van der Waals surface area contributed by atoms with Gasteiger partial charge in [0, 0.05) is 11.6 Å². The molecular formula is C23H26N2O4. The van der Waals surface area contributed by atoms with Crippen LogP contribution in [0.1, 0.15) is 38.7 Å². The lowest BCUT2D eigenvalue weighted by atomic mass is 9.92. The molecular weight excluding hydrogens is 368 g/mol. The van der Waals surface area contributed by atoms with E-state index in [2.05, 4.69) is 18.3 Å². The average Bonchev–Trinajstić information content (AvgIpc) is 2.73. The minimum atomic E-state index is -0.514. The molecule has 3 rings (SSSR count). The van der Waals surface area contributed by atoms with Gasteiger partial charge in [-0.2, -0.15) is 0 Å². The summed E-state index contributed by atoms with van der Waals surface area (Å²) in [5.74, 6) is 0.0772. The van der Waals surface area contributed by atoms with Crippen molar-refractivity contribution in [3.05, 3.63) is 93.0 Å². The molecule has 0 saturated heterocycles. The monoisotopic (exact) mass is 394 g/mol. The molecule has 1 N–H and O–H groups in total. The molecule has 29 heavy (non-hydrogen) atoms. The Morgan fingerprint density at radius 2 is 2.00 bits per heavy atom. The standard InChI is InChI=1S/C23H26N2O4/c1-3-17-10-12-19(13-11-17)24-23(26)20-14-9-16(2)22(21(20)25(27)28)29-15-18-7-5-4-6-8-18/h4-8,10,12-14,16-17H,3,9,11,15H2,1-2H3,(H,24,26). The van der Waals surface area contributed by atoms with Gasteiger partial charge in [-0.3, -0.25) is 14.9 Å². The van der Waals surface area contributed by atoms with Gasteiger partial charge in [-0.15, -0.1) is 0 Å². The van der Waals surface area contributed by atoms with Gasteiger partial charge < -0.3 is 10.1 Å². The van der Waals surface area contributed by atoms with Crippen molar-refractivity contribution in [2.75, 3.05) is 0 Å². The highest BCUT2D eigenvalue weighted by Gasteiger charge is 2.36. The van der Waals surface area contributed by atoms with Crippen LogP contribution in [0.2, 0.25) is 0 Å². The molecule has 1 aromatic carbocycles. The van der Waals surface area contributed by atoms with Gasteiger partial charge in [0.1, 0.15) is 12.2 Å². The molecule has 2 aliphatic carbocycles. The van der Waals surface area contributed by atoms with Crippen molar-refractivity contribution in [2.24, 2.45) is 11.8 Å². The largest absolute Gasteiger partial charge is 0.486 e. The third-order valence-corrected chi connectivity index (χ3v) is 5.25. The van der Waals surface area contributed by atoms with Crippen LogP contribution in [0.3, 0.4) is 0 Å². The van der Waals surface area contributed by atoms with Gasteiger partial charge in [-0.1, -0.05) is 62.4 Å². The Morgan fingerprint density at radius 1 is 1.24 bits per heavy atom. The van der Waals surface area contributed by atoms with Crippen LogP contribution in [0.25, 0.3) is 0 Å². The van der Waals surface area contributed by atoms with E-state index in [1.807, 2.05) is 49.4 Å². The summed E-state index contributed by atoms with van der Waals surface area (Å²) in [6.07, 6.45) is 9.91. The number of carbonyl (C=O) groups is 1. The van der Waals surface area contributed by atoms with E-state index in [-0.39, 0.29) is 29.6 Å². The lowest BCUT2D eigenvalue weighted by molar-refractivity contribution is -0.424. The first-order chi connectivity index (χ1) is 14.0. The van der Waals surface area contributed by atoms with Gasteiger partial charge in [0.25, 0.3) is 5.91 Å². The second-order valence-corrected chi connectivity index (χ2v) is 7.38. The number of nitro groups is 1. The van der Waals surface area contributed by atoms with Crippen LogP contribution < -0.4 is 5.32 Å². The van der Waals surface area contributed by atoms with Crippen molar-refractivity contribution < 1.29 is 14.5 Å². The molecule has 6 nitrogen and oxygen atoms in total. The molecule has 1 amide bonds. The quantitative estimate of drug-likeness (QED) is 0.539. The predicted molar refractivity (Wildman–Crippen MR) is 111 cm³/mol. The van der Waals surface area contributed by atoms with E-state index in [4.69, 9.17) is 4.74 Å². The molecule has 0 fully saturated rings. The van der Waals surface area contributed by atoms with Crippen molar-refractivity contribution in [2.45, 2.75) is 39.7 Å². The molecule has 1 aromatic rings. The molecule has 0 saturated carbocycles. The third kappa shape index (κ3) is 5.02. The van der Waals surface area contributed by atoms with Crippen molar-refractivity contribution in [1.82, 2.24) is 5.32 Å².